The quantitative estimate of drug-likeness (QED) is 0.166. The highest BCUT2D eigenvalue weighted by Gasteiger charge is 2.39. The van der Waals surface area contributed by atoms with Gasteiger partial charge < -0.3 is 10.2 Å². The molecule has 6 nitrogen and oxygen atoms in total. The minimum Gasteiger partial charge on any atom is -0.396 e. The zero-order valence-electron chi connectivity index (χ0n) is 23.1. The summed E-state index contributed by atoms with van der Waals surface area (Å²) in [5.41, 5.74) is 0. The molecule has 0 radical (unpaired) electrons. The molecule has 6 N–H and O–H groups in total. The van der Waals surface area contributed by atoms with Gasteiger partial charge in [0, 0.05) is 13.2 Å². The van der Waals surface area contributed by atoms with Gasteiger partial charge in [0.1, 0.15) is 0 Å². The Morgan fingerprint density at radius 2 is 0.625 bits per heavy atom. The Morgan fingerprint density at radius 3 is 0.775 bits per heavy atom. The monoisotopic (exact) mass is 584 g/mol. The van der Waals surface area contributed by atoms with Crippen LogP contribution in [0.25, 0.3) is 0 Å². The van der Waals surface area contributed by atoms with E-state index in [0.717, 1.165) is 12.8 Å². The van der Waals surface area contributed by atoms with Gasteiger partial charge >= 0.3 is 15.4 Å². The second-order valence-corrected chi connectivity index (χ2v) is 13.7. The predicted octanol–water partition coefficient (Wildman–Crippen LogP) is 3.96. The van der Waals surface area contributed by atoms with Crippen molar-refractivity contribution in [3.8, 4) is 0 Å². The van der Waals surface area contributed by atoms with E-state index in [0.29, 0.717) is 21.2 Å². The average Bonchev–Trinajstić information content (AvgIpc) is 3.02. The van der Waals surface area contributed by atoms with Crippen LogP contribution in [-0.4, -0.2) is 43.0 Å². The zero-order valence-corrected chi connectivity index (χ0v) is 24.9. The number of hydrogen-bond acceptors (Lipinski definition) is 6. The van der Waals surface area contributed by atoms with E-state index >= 15 is 0 Å². The summed E-state index contributed by atoms with van der Waals surface area (Å²) < 4.78 is 0. The van der Waals surface area contributed by atoms with Gasteiger partial charge in [0.15, 0.2) is 21.2 Å². The Labute approximate surface area is 239 Å². The lowest BCUT2D eigenvalue weighted by atomic mass is 9.89. The largest absolute Gasteiger partial charge is 0.396 e. The molecule has 0 fully saturated rings. The van der Waals surface area contributed by atoms with Crippen LogP contribution in [-0.2, 0) is 0 Å². The van der Waals surface area contributed by atoms with Crippen LogP contribution in [0.3, 0.4) is 0 Å². The molecule has 0 aliphatic carbocycles. The molecule has 2 unspecified atom stereocenters. The summed E-state index contributed by atoms with van der Waals surface area (Å²) in [6.45, 7) is 4.49. The predicted molar refractivity (Wildman–Crippen MR) is 169 cm³/mol. The van der Waals surface area contributed by atoms with Crippen LogP contribution < -0.4 is 21.2 Å². The van der Waals surface area contributed by atoms with E-state index in [4.69, 9.17) is 10.2 Å². The summed E-state index contributed by atoms with van der Waals surface area (Å²) >= 11 is 0. The standard InChI is InChI=1S/2C12H12O2P.C8H18O2/c2*13-15(14,11-7-3-1-4-8-11)12-9-5-2-6-10-12;1-3-7(5-9)8(4-2)6-10/h2*1-10,13-14H;7-10H,3-6H2,1-2H3/q2*+1;. The molecule has 0 spiro atoms. The Morgan fingerprint density at radius 1 is 0.425 bits per heavy atom. The summed E-state index contributed by atoms with van der Waals surface area (Å²) in [7, 11) is -6.29. The molecule has 40 heavy (non-hydrogen) atoms. The molecule has 8 heteroatoms. The number of rotatable bonds is 9. The first-order chi connectivity index (χ1) is 19.2. The Hall–Kier alpha value is -2.50. The second-order valence-electron chi connectivity index (χ2n) is 9.25. The molecule has 0 saturated heterocycles. The van der Waals surface area contributed by atoms with Gasteiger partial charge in [-0.15, -0.1) is 0 Å². The summed E-state index contributed by atoms with van der Waals surface area (Å²) in [4.78, 5) is 40.5. The summed E-state index contributed by atoms with van der Waals surface area (Å²) in [6.07, 6.45) is 1.91. The summed E-state index contributed by atoms with van der Waals surface area (Å²) in [5, 5.41) is 20.0. The van der Waals surface area contributed by atoms with E-state index in [9.17, 15) is 19.6 Å². The summed E-state index contributed by atoms with van der Waals surface area (Å²) in [6, 6.07) is 35.8. The van der Waals surface area contributed by atoms with Crippen molar-refractivity contribution in [1.82, 2.24) is 0 Å². The molecule has 0 aliphatic heterocycles. The van der Waals surface area contributed by atoms with Gasteiger partial charge in [-0.25, -0.2) is 19.6 Å². The number of benzene rings is 4. The van der Waals surface area contributed by atoms with Crippen LogP contribution in [0.1, 0.15) is 26.7 Å². The minimum absolute atomic E-state index is 0.204. The van der Waals surface area contributed by atoms with Crippen LogP contribution in [0.5, 0.6) is 0 Å². The molecule has 2 atom stereocenters. The highest BCUT2D eigenvalue weighted by molar-refractivity contribution is 7.79. The first-order valence-electron chi connectivity index (χ1n) is 13.4. The van der Waals surface area contributed by atoms with Gasteiger partial charge in [0.05, 0.1) is 0 Å². The number of hydrogen-bond donors (Lipinski definition) is 6. The van der Waals surface area contributed by atoms with E-state index in [1.807, 2.05) is 38.1 Å². The summed E-state index contributed by atoms with van der Waals surface area (Å²) in [5.74, 6) is 0.574. The molecule has 4 aromatic rings. The zero-order chi connectivity index (χ0) is 29.4. The third-order valence-electron chi connectivity index (χ3n) is 6.65. The Bertz CT molecular complexity index is 1010. The van der Waals surface area contributed by atoms with Crippen molar-refractivity contribution in [1.29, 1.82) is 0 Å². The average molecular weight is 585 g/mol. The maximum absolute atomic E-state index is 10.1. The number of aliphatic hydroxyl groups is 2. The van der Waals surface area contributed by atoms with Crippen molar-refractivity contribution in [3.05, 3.63) is 121 Å². The van der Waals surface area contributed by atoms with Crippen molar-refractivity contribution < 1.29 is 29.8 Å². The van der Waals surface area contributed by atoms with Crippen LogP contribution in [0.15, 0.2) is 121 Å². The third kappa shape index (κ3) is 9.85. The van der Waals surface area contributed by atoms with Crippen LogP contribution >= 0.6 is 15.4 Å². The van der Waals surface area contributed by atoms with Gasteiger partial charge in [-0.05, 0) is 60.4 Å². The lowest BCUT2D eigenvalue weighted by Gasteiger charge is -2.20. The van der Waals surface area contributed by atoms with Crippen molar-refractivity contribution >= 4 is 36.7 Å². The third-order valence-corrected chi connectivity index (χ3v) is 10.7. The molecule has 0 aliphatic rings. The Balaban J connectivity index is 0.000000216. The maximum atomic E-state index is 10.1. The van der Waals surface area contributed by atoms with E-state index in [-0.39, 0.29) is 25.0 Å². The van der Waals surface area contributed by atoms with Gasteiger partial charge in [-0.3, -0.25) is 0 Å². The smallest absolute Gasteiger partial charge is 0.333 e. The first-order valence-corrected chi connectivity index (χ1v) is 16.7. The SMILES string of the molecule is CCC(CO)C(CC)CO.O[P+](O)(c1ccccc1)c1ccccc1.O[P+](O)(c1ccccc1)c1ccccc1. The minimum atomic E-state index is -3.15. The van der Waals surface area contributed by atoms with E-state index in [1.165, 1.54) is 0 Å². The van der Waals surface area contributed by atoms with Gasteiger partial charge in [-0.2, -0.15) is 0 Å². The fourth-order valence-corrected chi connectivity index (χ4v) is 7.01. The molecule has 0 aromatic heterocycles. The lowest BCUT2D eigenvalue weighted by Crippen LogP contribution is -2.20. The Kier molecular flexibility index (Phi) is 14.6. The maximum Gasteiger partial charge on any atom is 0.333 e. The second kappa shape index (κ2) is 17.3. The molecule has 4 rings (SSSR count). The molecule has 214 valence electrons. The van der Waals surface area contributed by atoms with Crippen LogP contribution in [0.2, 0.25) is 0 Å². The molecule has 0 saturated carbocycles. The van der Waals surface area contributed by atoms with Gasteiger partial charge in [0.2, 0.25) is 0 Å². The van der Waals surface area contributed by atoms with Crippen LogP contribution in [0.4, 0.5) is 0 Å². The van der Waals surface area contributed by atoms with Crippen LogP contribution in [0, 0.1) is 11.8 Å². The normalized spacial score (nSPS) is 12.7. The van der Waals surface area contributed by atoms with Crippen molar-refractivity contribution in [3.63, 3.8) is 0 Å². The molecular weight excluding hydrogens is 542 g/mol. The topological polar surface area (TPSA) is 121 Å². The number of aliphatic hydroxyl groups excluding tert-OH is 2. The first kappa shape index (κ1) is 33.7. The molecule has 0 heterocycles. The molecule has 0 amide bonds. The van der Waals surface area contributed by atoms with Crippen molar-refractivity contribution in [2.24, 2.45) is 11.8 Å². The van der Waals surface area contributed by atoms with Crippen molar-refractivity contribution in [2.75, 3.05) is 13.2 Å². The van der Waals surface area contributed by atoms with E-state index in [2.05, 4.69) is 0 Å². The fourth-order valence-electron chi connectivity index (χ4n) is 4.06. The van der Waals surface area contributed by atoms with Gasteiger partial charge in [-0.1, -0.05) is 99.5 Å². The fraction of sp³-hybridized carbons (Fsp3) is 0.250. The van der Waals surface area contributed by atoms with Crippen molar-refractivity contribution in [2.45, 2.75) is 26.7 Å². The molecule has 4 aromatic carbocycles. The van der Waals surface area contributed by atoms with Gasteiger partial charge in [0.25, 0.3) is 0 Å². The highest BCUT2D eigenvalue weighted by atomic mass is 31.2. The van der Waals surface area contributed by atoms with E-state index < -0.39 is 15.4 Å². The molecular formula is C32H42O6P2+2. The highest BCUT2D eigenvalue weighted by Crippen LogP contribution is 2.47. The lowest BCUT2D eigenvalue weighted by molar-refractivity contribution is 0.114. The molecule has 0 bridgehead atoms. The van der Waals surface area contributed by atoms with E-state index in [1.54, 1.807) is 97.1 Å².